The lowest BCUT2D eigenvalue weighted by Gasteiger charge is -2.25. The number of piperidine rings is 1. The molecule has 0 saturated carbocycles. The molecule has 1 aliphatic rings. The fraction of sp³-hybridized carbons (Fsp3) is 0.440. The van der Waals surface area contributed by atoms with Crippen molar-refractivity contribution in [3.63, 3.8) is 0 Å². The van der Waals surface area contributed by atoms with E-state index in [2.05, 4.69) is 4.98 Å². The second kappa shape index (κ2) is 10.1. The van der Waals surface area contributed by atoms with Crippen molar-refractivity contribution >= 4 is 27.0 Å². The maximum absolute atomic E-state index is 13.0. The van der Waals surface area contributed by atoms with Crippen LogP contribution >= 0.6 is 0 Å². The van der Waals surface area contributed by atoms with Crippen molar-refractivity contribution in [2.24, 2.45) is 7.05 Å². The summed E-state index contributed by atoms with van der Waals surface area (Å²) in [5.41, 5.74) is 2.52. The van der Waals surface area contributed by atoms with Gasteiger partial charge in [-0.25, -0.2) is 13.4 Å². The number of carbonyl (C=O) groups excluding carboxylic acids is 1. The first-order valence-corrected chi connectivity index (χ1v) is 13.1. The Morgan fingerprint density at radius 2 is 1.79 bits per heavy atom. The number of imidazole rings is 1. The topological polar surface area (TPSA) is 84.7 Å². The third-order valence-electron chi connectivity index (χ3n) is 6.46. The highest BCUT2D eigenvalue weighted by Gasteiger charge is 2.26. The number of hydrogen-bond donors (Lipinski definition) is 0. The zero-order valence-electron chi connectivity index (χ0n) is 20.0. The first-order valence-electron chi connectivity index (χ1n) is 11.6. The van der Waals surface area contributed by atoms with Gasteiger partial charge in [0.15, 0.2) is 0 Å². The van der Waals surface area contributed by atoms with Crippen molar-refractivity contribution in [3.8, 4) is 5.75 Å². The van der Waals surface area contributed by atoms with E-state index in [1.165, 1.54) is 0 Å². The molecular weight excluding hydrogens is 452 g/mol. The van der Waals surface area contributed by atoms with Gasteiger partial charge in [-0.2, -0.15) is 4.31 Å². The molecule has 34 heavy (non-hydrogen) atoms. The number of benzene rings is 2. The molecule has 9 heteroatoms. The summed E-state index contributed by atoms with van der Waals surface area (Å²) < 4.78 is 34.7. The number of aromatic nitrogens is 2. The summed E-state index contributed by atoms with van der Waals surface area (Å²) in [6, 6.07) is 12.8. The zero-order chi connectivity index (χ0) is 24.3. The van der Waals surface area contributed by atoms with E-state index < -0.39 is 10.0 Å². The second-order valence-corrected chi connectivity index (χ2v) is 10.7. The third kappa shape index (κ3) is 5.10. The van der Waals surface area contributed by atoms with Gasteiger partial charge in [-0.3, -0.25) is 4.79 Å². The van der Waals surface area contributed by atoms with Crippen molar-refractivity contribution in [1.29, 1.82) is 0 Å². The van der Waals surface area contributed by atoms with Crippen molar-refractivity contribution in [3.05, 3.63) is 53.9 Å². The Labute approximate surface area is 201 Å². The van der Waals surface area contributed by atoms with E-state index in [0.717, 1.165) is 41.9 Å². The molecule has 0 spiro atoms. The first kappa shape index (κ1) is 24.2. The van der Waals surface area contributed by atoms with Crippen LogP contribution in [0.25, 0.3) is 11.0 Å². The molecular formula is C25H32N4O4S. The molecule has 3 aromatic rings. The summed E-state index contributed by atoms with van der Waals surface area (Å²) >= 11 is 0. The summed E-state index contributed by atoms with van der Waals surface area (Å²) in [6.07, 6.45) is 3.67. The van der Waals surface area contributed by atoms with E-state index in [1.807, 2.05) is 35.9 Å². The average Bonchev–Trinajstić information content (AvgIpc) is 3.18. The lowest BCUT2D eigenvalue weighted by Crippen LogP contribution is -2.35. The van der Waals surface area contributed by atoms with Crippen LogP contribution in [0, 0.1) is 0 Å². The van der Waals surface area contributed by atoms with Crippen LogP contribution in [-0.2, 0) is 34.8 Å². The van der Waals surface area contributed by atoms with E-state index >= 15 is 0 Å². The number of nitrogens with zero attached hydrogens (tertiary/aromatic N) is 4. The predicted octanol–water partition coefficient (Wildman–Crippen LogP) is 3.35. The Morgan fingerprint density at radius 3 is 2.47 bits per heavy atom. The Bertz CT molecular complexity index is 1260. The van der Waals surface area contributed by atoms with Gasteiger partial charge >= 0.3 is 0 Å². The van der Waals surface area contributed by atoms with Gasteiger partial charge in [0.05, 0.1) is 23.0 Å². The monoisotopic (exact) mass is 484 g/mol. The molecule has 1 amide bonds. The lowest BCUT2D eigenvalue weighted by atomic mass is 10.2. The molecule has 1 saturated heterocycles. The Kier molecular flexibility index (Phi) is 7.23. The highest BCUT2D eigenvalue weighted by Crippen LogP contribution is 2.25. The number of carbonyl (C=O) groups is 1. The quantitative estimate of drug-likeness (QED) is 0.490. The number of methoxy groups -OCH3 is 1. The van der Waals surface area contributed by atoms with Crippen LogP contribution < -0.4 is 4.74 Å². The normalized spacial score (nSPS) is 14.9. The number of fused-ring (bicyclic) bond motifs is 1. The number of aryl methyl sites for hydroxylation is 2. The van der Waals surface area contributed by atoms with Gasteiger partial charge in [0.25, 0.3) is 0 Å². The van der Waals surface area contributed by atoms with Crippen molar-refractivity contribution in [2.75, 3.05) is 27.2 Å². The maximum Gasteiger partial charge on any atom is 0.243 e. The second-order valence-electron chi connectivity index (χ2n) is 8.80. The standard InChI is InChI=1S/C25H32N4O4S/c1-27(18-19-7-9-20(33-3)10-8-19)25(30)14-13-24-26-22-17-21(11-12-23(22)28(24)2)34(31,32)29-15-5-4-6-16-29/h7-12,17H,4-6,13-16,18H2,1-3H3. The Hall–Kier alpha value is -2.91. The van der Waals surface area contributed by atoms with Crippen molar-refractivity contribution < 1.29 is 17.9 Å². The van der Waals surface area contributed by atoms with E-state index in [9.17, 15) is 13.2 Å². The largest absolute Gasteiger partial charge is 0.497 e. The summed E-state index contributed by atoms with van der Waals surface area (Å²) in [6.45, 7) is 1.66. The van der Waals surface area contributed by atoms with Crippen LogP contribution in [0.15, 0.2) is 47.4 Å². The van der Waals surface area contributed by atoms with Crippen LogP contribution in [0.1, 0.15) is 37.1 Å². The molecule has 2 heterocycles. The molecule has 1 fully saturated rings. The van der Waals surface area contributed by atoms with Crippen LogP contribution in [0.2, 0.25) is 0 Å². The first-order chi connectivity index (χ1) is 16.3. The maximum atomic E-state index is 13.0. The van der Waals surface area contributed by atoms with Crippen molar-refractivity contribution in [1.82, 2.24) is 18.8 Å². The number of amides is 1. The molecule has 2 aromatic carbocycles. The van der Waals surface area contributed by atoms with E-state index in [0.29, 0.717) is 38.0 Å². The molecule has 1 aliphatic heterocycles. The molecule has 0 unspecified atom stereocenters. The van der Waals surface area contributed by atoms with Gasteiger partial charge in [0, 0.05) is 46.6 Å². The van der Waals surface area contributed by atoms with E-state index in [1.54, 1.807) is 41.6 Å². The molecule has 0 N–H and O–H groups in total. The average molecular weight is 485 g/mol. The third-order valence-corrected chi connectivity index (χ3v) is 8.36. The number of rotatable bonds is 8. The summed E-state index contributed by atoms with van der Waals surface area (Å²) in [7, 11) is 1.80. The van der Waals surface area contributed by atoms with Gasteiger partial charge in [-0.1, -0.05) is 18.6 Å². The number of sulfonamides is 1. The molecule has 0 bridgehead atoms. The van der Waals surface area contributed by atoms with Crippen LogP contribution in [0.5, 0.6) is 5.75 Å². The van der Waals surface area contributed by atoms with Crippen molar-refractivity contribution in [2.45, 2.75) is 43.5 Å². The van der Waals surface area contributed by atoms with E-state index in [-0.39, 0.29) is 10.8 Å². The molecule has 4 rings (SSSR count). The zero-order valence-corrected chi connectivity index (χ0v) is 20.8. The van der Waals surface area contributed by atoms with Crippen LogP contribution in [0.3, 0.4) is 0 Å². The van der Waals surface area contributed by atoms with Gasteiger partial charge < -0.3 is 14.2 Å². The highest BCUT2D eigenvalue weighted by atomic mass is 32.2. The molecule has 8 nitrogen and oxygen atoms in total. The molecule has 0 radical (unpaired) electrons. The molecule has 182 valence electrons. The summed E-state index contributed by atoms with van der Waals surface area (Å²) in [5, 5.41) is 0. The molecule has 0 aliphatic carbocycles. The molecule has 0 atom stereocenters. The highest BCUT2D eigenvalue weighted by molar-refractivity contribution is 7.89. The summed E-state index contributed by atoms with van der Waals surface area (Å²) in [4.78, 5) is 19.4. The minimum Gasteiger partial charge on any atom is -0.497 e. The van der Waals surface area contributed by atoms with Gasteiger partial charge in [0.1, 0.15) is 11.6 Å². The van der Waals surface area contributed by atoms with Gasteiger partial charge in [0.2, 0.25) is 15.9 Å². The number of hydrogen-bond acceptors (Lipinski definition) is 5. The summed E-state index contributed by atoms with van der Waals surface area (Å²) in [5.74, 6) is 1.57. The predicted molar refractivity (Wildman–Crippen MR) is 131 cm³/mol. The minimum atomic E-state index is -3.51. The number of ether oxygens (including phenoxy) is 1. The fourth-order valence-electron chi connectivity index (χ4n) is 4.37. The Morgan fingerprint density at radius 1 is 1.09 bits per heavy atom. The smallest absolute Gasteiger partial charge is 0.243 e. The Balaban J connectivity index is 1.43. The minimum absolute atomic E-state index is 0.0243. The van der Waals surface area contributed by atoms with Crippen LogP contribution in [-0.4, -0.2) is 60.3 Å². The van der Waals surface area contributed by atoms with E-state index in [4.69, 9.17) is 4.74 Å². The SMILES string of the molecule is COc1ccc(CN(C)C(=O)CCc2nc3cc(S(=O)(=O)N4CCCCC4)ccc3n2C)cc1. The fourth-order valence-corrected chi connectivity index (χ4v) is 5.91. The van der Waals surface area contributed by atoms with Gasteiger partial charge in [-0.15, -0.1) is 0 Å². The van der Waals surface area contributed by atoms with Gasteiger partial charge in [-0.05, 0) is 48.7 Å². The molecule has 1 aromatic heterocycles. The van der Waals surface area contributed by atoms with Crippen LogP contribution in [0.4, 0.5) is 0 Å². The lowest BCUT2D eigenvalue weighted by molar-refractivity contribution is -0.130.